The molecular formula is C20H28N2O3. The van der Waals surface area contributed by atoms with Gasteiger partial charge in [-0.05, 0) is 45.2 Å². The highest BCUT2D eigenvalue weighted by Crippen LogP contribution is 2.34. The third-order valence-electron chi connectivity index (χ3n) is 5.71. The van der Waals surface area contributed by atoms with E-state index in [0.29, 0.717) is 31.7 Å². The molecule has 0 bridgehead atoms. The lowest BCUT2D eigenvalue weighted by Gasteiger charge is -2.41. The summed E-state index contributed by atoms with van der Waals surface area (Å²) < 4.78 is 0. The zero-order valence-corrected chi connectivity index (χ0v) is 15.1. The van der Waals surface area contributed by atoms with Crippen molar-refractivity contribution in [3.63, 3.8) is 0 Å². The fraction of sp³-hybridized carbons (Fsp3) is 0.600. The topological polar surface area (TPSA) is 60.9 Å². The van der Waals surface area contributed by atoms with Gasteiger partial charge < -0.3 is 14.9 Å². The van der Waals surface area contributed by atoms with E-state index in [1.165, 1.54) is 0 Å². The molecule has 2 heterocycles. The molecule has 3 unspecified atom stereocenters. The smallest absolute Gasteiger partial charge is 0.253 e. The van der Waals surface area contributed by atoms with Gasteiger partial charge in [0.15, 0.2) is 0 Å². The average molecular weight is 344 g/mol. The Morgan fingerprint density at radius 3 is 2.56 bits per heavy atom. The van der Waals surface area contributed by atoms with Crippen molar-refractivity contribution in [2.75, 3.05) is 26.2 Å². The van der Waals surface area contributed by atoms with Gasteiger partial charge in [-0.25, -0.2) is 0 Å². The first-order valence-corrected chi connectivity index (χ1v) is 9.22. The first kappa shape index (κ1) is 17.9. The van der Waals surface area contributed by atoms with Crippen molar-refractivity contribution < 1.29 is 14.7 Å². The largest absolute Gasteiger partial charge is 0.393 e. The fourth-order valence-electron chi connectivity index (χ4n) is 4.10. The molecule has 0 spiro atoms. The van der Waals surface area contributed by atoms with Crippen LogP contribution in [-0.4, -0.2) is 59.0 Å². The lowest BCUT2D eigenvalue weighted by Crippen LogP contribution is -2.52. The van der Waals surface area contributed by atoms with Crippen molar-refractivity contribution in [1.82, 2.24) is 9.80 Å². The van der Waals surface area contributed by atoms with Gasteiger partial charge in [0.2, 0.25) is 5.91 Å². The van der Waals surface area contributed by atoms with E-state index in [4.69, 9.17) is 0 Å². The van der Waals surface area contributed by atoms with Gasteiger partial charge in [0, 0.05) is 37.7 Å². The van der Waals surface area contributed by atoms with E-state index in [9.17, 15) is 14.7 Å². The Morgan fingerprint density at radius 2 is 1.92 bits per heavy atom. The van der Waals surface area contributed by atoms with Gasteiger partial charge in [0.25, 0.3) is 5.91 Å². The summed E-state index contributed by atoms with van der Waals surface area (Å²) in [5.74, 6) is 0.294. The first-order valence-electron chi connectivity index (χ1n) is 9.22. The molecule has 2 aliphatic rings. The van der Waals surface area contributed by atoms with Crippen molar-refractivity contribution in [3.8, 4) is 0 Å². The predicted octanol–water partition coefficient (Wildman–Crippen LogP) is 2.16. The van der Waals surface area contributed by atoms with E-state index < -0.39 is 5.41 Å². The van der Waals surface area contributed by atoms with Crippen molar-refractivity contribution in [3.05, 3.63) is 35.9 Å². The number of benzene rings is 1. The van der Waals surface area contributed by atoms with Crippen LogP contribution in [0.1, 0.15) is 43.5 Å². The molecule has 5 heteroatoms. The minimum atomic E-state index is -0.531. The number of carbonyl (C=O) groups excluding carboxylic acids is 2. The maximum absolute atomic E-state index is 13.1. The van der Waals surface area contributed by atoms with E-state index in [1.54, 1.807) is 6.92 Å². The first-order chi connectivity index (χ1) is 11.9. The molecule has 2 saturated heterocycles. The molecule has 136 valence electrons. The van der Waals surface area contributed by atoms with Crippen LogP contribution in [-0.2, 0) is 4.79 Å². The van der Waals surface area contributed by atoms with Gasteiger partial charge in [-0.3, -0.25) is 9.59 Å². The van der Waals surface area contributed by atoms with Crippen molar-refractivity contribution in [1.29, 1.82) is 0 Å². The number of rotatable bonds is 3. The molecule has 0 saturated carbocycles. The Morgan fingerprint density at radius 1 is 1.20 bits per heavy atom. The van der Waals surface area contributed by atoms with E-state index in [2.05, 4.69) is 0 Å². The molecule has 25 heavy (non-hydrogen) atoms. The second kappa shape index (κ2) is 7.16. The molecule has 1 aromatic carbocycles. The number of hydrogen-bond donors (Lipinski definition) is 1. The number of aliphatic hydroxyl groups is 1. The van der Waals surface area contributed by atoms with Crippen molar-refractivity contribution in [2.24, 2.45) is 11.3 Å². The maximum atomic E-state index is 13.1. The number of nitrogens with zero attached hydrogens (tertiary/aromatic N) is 2. The number of likely N-dealkylation sites (tertiary alicyclic amines) is 2. The van der Waals surface area contributed by atoms with Crippen LogP contribution in [0.4, 0.5) is 0 Å². The van der Waals surface area contributed by atoms with Gasteiger partial charge in [-0.1, -0.05) is 18.2 Å². The highest BCUT2D eigenvalue weighted by Gasteiger charge is 2.43. The number of amides is 2. The predicted molar refractivity (Wildman–Crippen MR) is 96.1 cm³/mol. The van der Waals surface area contributed by atoms with E-state index >= 15 is 0 Å². The molecule has 2 aliphatic heterocycles. The number of piperidine rings is 1. The molecule has 2 fully saturated rings. The summed E-state index contributed by atoms with van der Waals surface area (Å²) in [7, 11) is 0. The standard InChI is InChI=1S/C20H28N2O3/c1-15(23)17-9-12-21(13-17)19(25)20(2)10-6-11-22(14-20)18(24)16-7-4-3-5-8-16/h3-5,7-8,15,17,23H,6,9-14H2,1-2H3. The van der Waals surface area contributed by atoms with E-state index in [0.717, 1.165) is 19.3 Å². The molecule has 1 aromatic rings. The summed E-state index contributed by atoms with van der Waals surface area (Å²) in [4.78, 5) is 29.5. The summed E-state index contributed by atoms with van der Waals surface area (Å²) in [6.07, 6.45) is 2.12. The molecule has 3 atom stereocenters. The monoisotopic (exact) mass is 344 g/mol. The molecule has 3 rings (SSSR count). The normalized spacial score (nSPS) is 28.0. The highest BCUT2D eigenvalue weighted by molar-refractivity contribution is 5.95. The third kappa shape index (κ3) is 3.71. The lowest BCUT2D eigenvalue weighted by atomic mass is 9.80. The maximum Gasteiger partial charge on any atom is 0.253 e. The van der Waals surface area contributed by atoms with Crippen molar-refractivity contribution >= 4 is 11.8 Å². The second-order valence-electron chi connectivity index (χ2n) is 7.80. The minimum absolute atomic E-state index is 0.00241. The quantitative estimate of drug-likeness (QED) is 0.914. The third-order valence-corrected chi connectivity index (χ3v) is 5.71. The molecular weight excluding hydrogens is 316 g/mol. The second-order valence-corrected chi connectivity index (χ2v) is 7.80. The summed E-state index contributed by atoms with van der Waals surface area (Å²) >= 11 is 0. The van der Waals surface area contributed by atoms with Crippen LogP contribution in [0.3, 0.4) is 0 Å². The van der Waals surface area contributed by atoms with Crippen LogP contribution in [0.25, 0.3) is 0 Å². The van der Waals surface area contributed by atoms with Crippen LogP contribution in [0, 0.1) is 11.3 Å². The fourth-order valence-corrected chi connectivity index (χ4v) is 4.10. The van der Waals surface area contributed by atoms with Gasteiger partial charge >= 0.3 is 0 Å². The van der Waals surface area contributed by atoms with Gasteiger partial charge in [0.05, 0.1) is 11.5 Å². The number of aliphatic hydroxyl groups excluding tert-OH is 1. The summed E-state index contributed by atoms with van der Waals surface area (Å²) in [6.45, 7) is 6.27. The van der Waals surface area contributed by atoms with Crippen LogP contribution in [0.2, 0.25) is 0 Å². The molecule has 1 N–H and O–H groups in total. The zero-order valence-electron chi connectivity index (χ0n) is 15.1. The molecule has 0 aromatic heterocycles. The average Bonchev–Trinajstić information content (AvgIpc) is 3.11. The Balaban J connectivity index is 1.69. The van der Waals surface area contributed by atoms with Gasteiger partial charge in [-0.2, -0.15) is 0 Å². The Labute approximate surface area is 149 Å². The zero-order chi connectivity index (χ0) is 18.0. The molecule has 2 amide bonds. The number of carbonyl (C=O) groups is 2. The van der Waals surface area contributed by atoms with Crippen LogP contribution in [0.15, 0.2) is 30.3 Å². The van der Waals surface area contributed by atoms with Gasteiger partial charge in [0.1, 0.15) is 0 Å². The summed E-state index contributed by atoms with van der Waals surface area (Å²) in [6, 6.07) is 9.27. The molecule has 0 aliphatic carbocycles. The summed E-state index contributed by atoms with van der Waals surface area (Å²) in [5.41, 5.74) is 0.144. The Kier molecular flexibility index (Phi) is 5.13. The Hall–Kier alpha value is -1.88. The molecule has 5 nitrogen and oxygen atoms in total. The Bertz CT molecular complexity index is 631. The van der Waals surface area contributed by atoms with E-state index in [1.807, 2.05) is 47.1 Å². The molecule has 0 radical (unpaired) electrons. The summed E-state index contributed by atoms with van der Waals surface area (Å²) in [5, 5.41) is 9.78. The van der Waals surface area contributed by atoms with Crippen molar-refractivity contribution in [2.45, 2.75) is 39.2 Å². The minimum Gasteiger partial charge on any atom is -0.393 e. The lowest BCUT2D eigenvalue weighted by molar-refractivity contribution is -0.143. The SMILES string of the molecule is CC(O)C1CCN(C(=O)C2(C)CCCN(C(=O)c3ccccc3)C2)C1. The highest BCUT2D eigenvalue weighted by atomic mass is 16.3. The van der Waals surface area contributed by atoms with Crippen LogP contribution >= 0.6 is 0 Å². The number of hydrogen-bond acceptors (Lipinski definition) is 3. The van der Waals surface area contributed by atoms with E-state index in [-0.39, 0.29) is 23.8 Å². The van der Waals surface area contributed by atoms with Crippen LogP contribution in [0.5, 0.6) is 0 Å². The van der Waals surface area contributed by atoms with Gasteiger partial charge in [-0.15, -0.1) is 0 Å². The van der Waals surface area contributed by atoms with Crippen LogP contribution < -0.4 is 0 Å².